The summed E-state index contributed by atoms with van der Waals surface area (Å²) in [6.07, 6.45) is 2.10. The first-order chi connectivity index (χ1) is 15.3. The lowest BCUT2D eigenvalue weighted by atomic mass is 9.97. The molecule has 2 unspecified atom stereocenters. The smallest absolute Gasteiger partial charge is 0.316 e. The number of ketones is 1. The van der Waals surface area contributed by atoms with Gasteiger partial charge in [0, 0.05) is 24.9 Å². The van der Waals surface area contributed by atoms with Crippen LogP contribution in [-0.2, 0) is 14.4 Å². The molecule has 2 atom stereocenters. The zero-order valence-electron chi connectivity index (χ0n) is 17.6. The van der Waals surface area contributed by atoms with Crippen LogP contribution in [0, 0.1) is 0 Å². The number of aliphatic carboxylic acids is 1. The standard InChI is InChI=1S/C23H23N3O6/c1-26-11-10-18(27)21(22(26)30)25-23(31)24-17(13-20(28)29)15-8-9-19(32-2)16(12-15)14-6-4-3-5-7-14/h3-12,17,21H,13H2,1-2H3,(H,28,29)(H2,24,25,31). The molecule has 0 aliphatic carbocycles. The quantitative estimate of drug-likeness (QED) is 0.570. The number of carboxylic acid groups (broad SMARTS) is 1. The van der Waals surface area contributed by atoms with Crippen molar-refractivity contribution in [1.29, 1.82) is 0 Å². The van der Waals surface area contributed by atoms with Gasteiger partial charge in [0.25, 0.3) is 5.91 Å². The van der Waals surface area contributed by atoms with Crippen molar-refractivity contribution in [2.45, 2.75) is 18.5 Å². The summed E-state index contributed by atoms with van der Waals surface area (Å²) >= 11 is 0. The average Bonchev–Trinajstić information content (AvgIpc) is 2.78. The Morgan fingerprint density at radius 2 is 1.88 bits per heavy atom. The highest BCUT2D eigenvalue weighted by atomic mass is 16.5. The third kappa shape index (κ3) is 5.12. The Labute approximate surface area is 184 Å². The molecular weight excluding hydrogens is 414 g/mol. The molecule has 0 fully saturated rings. The van der Waals surface area contributed by atoms with E-state index in [1.54, 1.807) is 18.2 Å². The minimum Gasteiger partial charge on any atom is -0.496 e. The van der Waals surface area contributed by atoms with Crippen LogP contribution in [0.3, 0.4) is 0 Å². The zero-order valence-corrected chi connectivity index (χ0v) is 17.6. The lowest BCUT2D eigenvalue weighted by molar-refractivity contribution is -0.138. The van der Waals surface area contributed by atoms with E-state index in [1.807, 2.05) is 30.3 Å². The predicted molar refractivity (Wildman–Crippen MR) is 116 cm³/mol. The number of carboxylic acids is 1. The van der Waals surface area contributed by atoms with Crippen molar-refractivity contribution in [1.82, 2.24) is 15.5 Å². The Balaban J connectivity index is 1.86. The van der Waals surface area contributed by atoms with Gasteiger partial charge >= 0.3 is 12.0 Å². The lowest BCUT2D eigenvalue weighted by Crippen LogP contribution is -2.55. The number of rotatable bonds is 7. The third-order valence-corrected chi connectivity index (χ3v) is 5.01. The Kier molecular flexibility index (Phi) is 6.89. The molecule has 0 spiro atoms. The number of amides is 3. The van der Waals surface area contributed by atoms with Crippen LogP contribution in [0.2, 0.25) is 0 Å². The van der Waals surface area contributed by atoms with Gasteiger partial charge in [-0.05, 0) is 23.3 Å². The van der Waals surface area contributed by atoms with E-state index in [0.29, 0.717) is 11.3 Å². The van der Waals surface area contributed by atoms with Crippen LogP contribution in [-0.4, -0.2) is 53.9 Å². The molecule has 1 aliphatic rings. The van der Waals surface area contributed by atoms with Crippen molar-refractivity contribution < 1.29 is 29.0 Å². The summed E-state index contributed by atoms with van der Waals surface area (Å²) in [7, 11) is 3.00. The first-order valence-corrected chi connectivity index (χ1v) is 9.81. The van der Waals surface area contributed by atoms with Crippen molar-refractivity contribution in [3.05, 3.63) is 66.4 Å². The second-order valence-electron chi connectivity index (χ2n) is 7.19. The molecule has 9 heteroatoms. The number of carbonyl (C=O) groups excluding carboxylic acids is 3. The molecule has 3 amide bonds. The van der Waals surface area contributed by atoms with Crippen LogP contribution in [0.4, 0.5) is 4.79 Å². The van der Waals surface area contributed by atoms with E-state index < -0.39 is 42.2 Å². The van der Waals surface area contributed by atoms with Gasteiger partial charge in [0.15, 0.2) is 11.8 Å². The monoisotopic (exact) mass is 437 g/mol. The Morgan fingerprint density at radius 1 is 1.16 bits per heavy atom. The van der Waals surface area contributed by atoms with Gasteiger partial charge < -0.3 is 25.4 Å². The van der Waals surface area contributed by atoms with Gasteiger partial charge in [-0.2, -0.15) is 0 Å². The molecule has 0 saturated carbocycles. The third-order valence-electron chi connectivity index (χ3n) is 5.01. The van der Waals surface area contributed by atoms with Gasteiger partial charge in [0.05, 0.1) is 19.6 Å². The minimum absolute atomic E-state index is 0.402. The maximum absolute atomic E-state index is 12.6. The molecule has 9 nitrogen and oxygen atoms in total. The molecule has 1 heterocycles. The molecule has 166 valence electrons. The lowest BCUT2D eigenvalue weighted by Gasteiger charge is -2.25. The van der Waals surface area contributed by atoms with Crippen LogP contribution in [0.15, 0.2) is 60.8 Å². The summed E-state index contributed by atoms with van der Waals surface area (Å²) in [4.78, 5) is 49.4. The van der Waals surface area contributed by atoms with E-state index in [-0.39, 0.29) is 0 Å². The van der Waals surface area contributed by atoms with E-state index in [2.05, 4.69) is 10.6 Å². The number of hydrogen-bond acceptors (Lipinski definition) is 5. The summed E-state index contributed by atoms with van der Waals surface area (Å²) in [5.41, 5.74) is 2.12. The largest absolute Gasteiger partial charge is 0.496 e. The second-order valence-corrected chi connectivity index (χ2v) is 7.19. The highest BCUT2D eigenvalue weighted by Crippen LogP contribution is 2.33. The zero-order chi connectivity index (χ0) is 23.3. The fourth-order valence-corrected chi connectivity index (χ4v) is 3.36. The molecule has 3 N–H and O–H groups in total. The Hall–Kier alpha value is -4.14. The van der Waals surface area contributed by atoms with Crippen molar-refractivity contribution in [2.24, 2.45) is 0 Å². The second kappa shape index (κ2) is 9.78. The average molecular weight is 437 g/mol. The van der Waals surface area contributed by atoms with Crippen LogP contribution >= 0.6 is 0 Å². The van der Waals surface area contributed by atoms with Crippen LogP contribution in [0.5, 0.6) is 5.75 Å². The molecule has 2 aromatic rings. The summed E-state index contributed by atoms with van der Waals surface area (Å²) in [6, 6.07) is 11.4. The first kappa shape index (κ1) is 22.5. The van der Waals surface area contributed by atoms with E-state index in [4.69, 9.17) is 4.74 Å². The molecule has 0 saturated heterocycles. The normalized spacial score (nSPS) is 16.4. The SMILES string of the molecule is COc1ccc(C(CC(=O)O)NC(=O)NC2C(=O)C=CN(C)C2=O)cc1-c1ccccc1. The summed E-state index contributed by atoms with van der Waals surface area (Å²) in [5, 5.41) is 14.3. The van der Waals surface area contributed by atoms with Crippen LogP contribution in [0.25, 0.3) is 11.1 Å². The maximum atomic E-state index is 12.6. The van der Waals surface area contributed by atoms with Gasteiger partial charge in [-0.3, -0.25) is 14.4 Å². The fourth-order valence-electron chi connectivity index (χ4n) is 3.36. The van der Waals surface area contributed by atoms with Crippen molar-refractivity contribution in [3.63, 3.8) is 0 Å². The van der Waals surface area contributed by atoms with E-state index in [0.717, 1.165) is 11.1 Å². The molecule has 0 bridgehead atoms. The molecule has 1 aliphatic heterocycles. The molecule has 32 heavy (non-hydrogen) atoms. The van der Waals surface area contributed by atoms with Crippen LogP contribution < -0.4 is 15.4 Å². The topological polar surface area (TPSA) is 125 Å². The fraction of sp³-hybridized carbons (Fsp3) is 0.217. The van der Waals surface area contributed by atoms with Crippen molar-refractivity contribution in [3.8, 4) is 16.9 Å². The van der Waals surface area contributed by atoms with Gasteiger partial charge in [-0.25, -0.2) is 4.79 Å². The minimum atomic E-state index is -1.37. The molecule has 3 rings (SSSR count). The van der Waals surface area contributed by atoms with E-state index >= 15 is 0 Å². The highest BCUT2D eigenvalue weighted by molar-refractivity contribution is 6.14. The van der Waals surface area contributed by atoms with Gasteiger partial charge in [-0.1, -0.05) is 36.4 Å². The van der Waals surface area contributed by atoms with Crippen LogP contribution in [0.1, 0.15) is 18.0 Å². The number of nitrogens with zero attached hydrogens (tertiary/aromatic N) is 1. The number of carbonyl (C=O) groups is 4. The summed E-state index contributed by atoms with van der Waals surface area (Å²) in [5.74, 6) is -1.68. The predicted octanol–water partition coefficient (Wildman–Crippen LogP) is 2.10. The molecular formula is C23H23N3O6. The van der Waals surface area contributed by atoms with Crippen molar-refractivity contribution >= 4 is 23.7 Å². The Bertz CT molecular complexity index is 1070. The van der Waals surface area contributed by atoms with E-state index in [9.17, 15) is 24.3 Å². The number of ether oxygens (including phenoxy) is 1. The number of hydrogen-bond donors (Lipinski definition) is 3. The molecule has 2 aromatic carbocycles. The molecule has 0 radical (unpaired) electrons. The number of nitrogens with one attached hydrogen (secondary N) is 2. The highest BCUT2D eigenvalue weighted by Gasteiger charge is 2.32. The van der Waals surface area contributed by atoms with Crippen molar-refractivity contribution in [2.75, 3.05) is 14.2 Å². The van der Waals surface area contributed by atoms with Gasteiger partial charge in [0.1, 0.15) is 5.75 Å². The number of benzene rings is 2. The van der Waals surface area contributed by atoms with Gasteiger partial charge in [0.2, 0.25) is 0 Å². The number of likely N-dealkylation sites (N-methyl/N-ethyl adjacent to an activating group) is 1. The Morgan fingerprint density at radius 3 is 2.53 bits per heavy atom. The van der Waals surface area contributed by atoms with Gasteiger partial charge in [-0.15, -0.1) is 0 Å². The number of urea groups is 1. The summed E-state index contributed by atoms with van der Waals surface area (Å²) in [6.45, 7) is 0. The number of methoxy groups -OCH3 is 1. The first-order valence-electron chi connectivity index (χ1n) is 9.81. The van der Waals surface area contributed by atoms with E-state index in [1.165, 1.54) is 31.3 Å². The summed E-state index contributed by atoms with van der Waals surface area (Å²) < 4.78 is 5.43. The molecule has 0 aromatic heterocycles. The maximum Gasteiger partial charge on any atom is 0.316 e.